The second kappa shape index (κ2) is 4.76. The van der Waals surface area contributed by atoms with E-state index in [0.29, 0.717) is 33.9 Å². The summed E-state index contributed by atoms with van der Waals surface area (Å²) in [5.74, 6) is 0.276. The summed E-state index contributed by atoms with van der Waals surface area (Å²) in [6.45, 7) is 4.34. The standard InChI is InChI=1S/C14H12ClN3O2/c1-3-18-12-11(8(2)17-18)16-13(20-14(12)19)9-4-6-10(15)7-5-9/h4-7H,3H2,1-2H3. The minimum atomic E-state index is -0.428. The van der Waals surface area contributed by atoms with Crippen LogP contribution in [-0.4, -0.2) is 14.8 Å². The van der Waals surface area contributed by atoms with Crippen molar-refractivity contribution in [1.82, 2.24) is 14.8 Å². The van der Waals surface area contributed by atoms with Gasteiger partial charge in [0.1, 0.15) is 5.52 Å². The Morgan fingerprint density at radius 2 is 2.00 bits per heavy atom. The molecule has 0 aliphatic rings. The molecule has 0 saturated carbocycles. The van der Waals surface area contributed by atoms with Crippen LogP contribution in [0.4, 0.5) is 0 Å². The molecule has 0 aliphatic heterocycles. The molecular formula is C14H12ClN3O2. The smallest absolute Gasteiger partial charge is 0.365 e. The Morgan fingerprint density at radius 1 is 1.30 bits per heavy atom. The first kappa shape index (κ1) is 12.9. The second-order valence-corrected chi connectivity index (χ2v) is 4.85. The lowest BCUT2D eigenvalue weighted by atomic mass is 10.2. The van der Waals surface area contributed by atoms with Gasteiger partial charge in [-0.15, -0.1) is 0 Å². The van der Waals surface area contributed by atoms with Gasteiger partial charge in [0, 0.05) is 17.1 Å². The van der Waals surface area contributed by atoms with E-state index in [1.54, 1.807) is 28.9 Å². The maximum absolute atomic E-state index is 12.1. The van der Waals surface area contributed by atoms with Gasteiger partial charge in [-0.2, -0.15) is 5.10 Å². The average molecular weight is 290 g/mol. The van der Waals surface area contributed by atoms with E-state index < -0.39 is 5.63 Å². The first-order valence-electron chi connectivity index (χ1n) is 6.24. The monoisotopic (exact) mass is 289 g/mol. The van der Waals surface area contributed by atoms with Gasteiger partial charge in [-0.25, -0.2) is 9.78 Å². The van der Waals surface area contributed by atoms with Gasteiger partial charge in [0.15, 0.2) is 5.52 Å². The molecule has 0 unspecified atom stereocenters. The quantitative estimate of drug-likeness (QED) is 0.727. The van der Waals surface area contributed by atoms with Crippen LogP contribution in [0.5, 0.6) is 0 Å². The normalized spacial score (nSPS) is 11.2. The van der Waals surface area contributed by atoms with Crippen LogP contribution in [0, 0.1) is 6.92 Å². The molecule has 0 bridgehead atoms. The van der Waals surface area contributed by atoms with E-state index >= 15 is 0 Å². The summed E-state index contributed by atoms with van der Waals surface area (Å²) in [7, 11) is 0. The van der Waals surface area contributed by atoms with Crippen molar-refractivity contribution in [3.63, 3.8) is 0 Å². The molecule has 6 heteroatoms. The summed E-state index contributed by atoms with van der Waals surface area (Å²) in [5, 5.41) is 4.91. The highest BCUT2D eigenvalue weighted by molar-refractivity contribution is 6.30. The molecular weight excluding hydrogens is 278 g/mol. The topological polar surface area (TPSA) is 60.9 Å². The first-order chi connectivity index (χ1) is 9.60. The van der Waals surface area contributed by atoms with Crippen molar-refractivity contribution >= 4 is 22.6 Å². The largest absolute Gasteiger partial charge is 0.402 e. The lowest BCUT2D eigenvalue weighted by Gasteiger charge is -2.00. The molecule has 3 rings (SSSR count). The van der Waals surface area contributed by atoms with Crippen LogP contribution in [0.2, 0.25) is 5.02 Å². The van der Waals surface area contributed by atoms with E-state index in [0.717, 1.165) is 0 Å². The summed E-state index contributed by atoms with van der Waals surface area (Å²) < 4.78 is 6.91. The molecule has 0 amide bonds. The molecule has 102 valence electrons. The molecule has 0 N–H and O–H groups in total. The summed E-state index contributed by atoms with van der Waals surface area (Å²) in [4.78, 5) is 16.6. The molecule has 0 saturated heterocycles. The van der Waals surface area contributed by atoms with Gasteiger partial charge >= 0.3 is 5.63 Å². The number of rotatable bonds is 2. The Bertz CT molecular complexity index is 834. The molecule has 0 spiro atoms. The fourth-order valence-corrected chi connectivity index (χ4v) is 2.24. The van der Waals surface area contributed by atoms with Gasteiger partial charge in [-0.3, -0.25) is 4.68 Å². The maximum atomic E-state index is 12.1. The van der Waals surface area contributed by atoms with Crippen molar-refractivity contribution in [1.29, 1.82) is 0 Å². The zero-order valence-electron chi connectivity index (χ0n) is 11.1. The molecule has 1 aromatic carbocycles. The van der Waals surface area contributed by atoms with Crippen LogP contribution in [-0.2, 0) is 6.54 Å². The van der Waals surface area contributed by atoms with Crippen LogP contribution in [0.3, 0.4) is 0 Å². The fraction of sp³-hybridized carbons (Fsp3) is 0.214. The summed E-state index contributed by atoms with van der Waals surface area (Å²) >= 11 is 5.85. The lowest BCUT2D eigenvalue weighted by molar-refractivity contribution is 0.511. The van der Waals surface area contributed by atoms with Crippen LogP contribution in [0.25, 0.3) is 22.5 Å². The van der Waals surface area contributed by atoms with Crippen LogP contribution in [0.1, 0.15) is 12.6 Å². The third-order valence-electron chi connectivity index (χ3n) is 3.08. The van der Waals surface area contributed by atoms with Crippen LogP contribution in [0.15, 0.2) is 33.5 Å². The Balaban J connectivity index is 2.27. The van der Waals surface area contributed by atoms with E-state index in [1.807, 2.05) is 13.8 Å². The predicted molar refractivity (Wildman–Crippen MR) is 76.9 cm³/mol. The van der Waals surface area contributed by atoms with Gasteiger partial charge in [-0.05, 0) is 38.1 Å². The average Bonchev–Trinajstić information content (AvgIpc) is 2.77. The Labute approximate surface area is 119 Å². The number of hydrogen-bond acceptors (Lipinski definition) is 4. The number of aromatic nitrogens is 3. The molecule has 2 aromatic heterocycles. The molecule has 20 heavy (non-hydrogen) atoms. The highest BCUT2D eigenvalue weighted by Gasteiger charge is 2.15. The summed E-state index contributed by atoms with van der Waals surface area (Å²) in [6.07, 6.45) is 0. The minimum Gasteiger partial charge on any atom is -0.402 e. The second-order valence-electron chi connectivity index (χ2n) is 4.41. The molecule has 0 aliphatic carbocycles. The van der Waals surface area contributed by atoms with E-state index in [9.17, 15) is 4.79 Å². The van der Waals surface area contributed by atoms with Crippen molar-refractivity contribution < 1.29 is 4.42 Å². The third-order valence-corrected chi connectivity index (χ3v) is 3.33. The van der Waals surface area contributed by atoms with Crippen molar-refractivity contribution in [2.45, 2.75) is 20.4 Å². The van der Waals surface area contributed by atoms with Crippen LogP contribution >= 0.6 is 11.6 Å². The third kappa shape index (κ3) is 2.00. The molecule has 0 fully saturated rings. The molecule has 0 radical (unpaired) electrons. The number of benzene rings is 1. The van der Waals surface area contributed by atoms with Crippen molar-refractivity contribution in [3.8, 4) is 11.5 Å². The van der Waals surface area contributed by atoms with E-state index in [-0.39, 0.29) is 5.89 Å². The van der Waals surface area contributed by atoms with Crippen molar-refractivity contribution in [3.05, 3.63) is 45.4 Å². The summed E-state index contributed by atoms with van der Waals surface area (Å²) in [6, 6.07) is 6.98. The zero-order chi connectivity index (χ0) is 14.3. The van der Waals surface area contributed by atoms with Crippen molar-refractivity contribution in [2.75, 3.05) is 0 Å². The minimum absolute atomic E-state index is 0.276. The van der Waals surface area contributed by atoms with Gasteiger partial charge in [-0.1, -0.05) is 11.6 Å². The highest BCUT2D eigenvalue weighted by atomic mass is 35.5. The zero-order valence-corrected chi connectivity index (χ0v) is 11.8. The Hall–Kier alpha value is -2.14. The lowest BCUT2D eigenvalue weighted by Crippen LogP contribution is -2.08. The number of hydrogen-bond donors (Lipinski definition) is 0. The molecule has 0 atom stereocenters. The van der Waals surface area contributed by atoms with Gasteiger partial charge < -0.3 is 4.42 Å². The van der Waals surface area contributed by atoms with E-state index in [2.05, 4.69) is 10.1 Å². The van der Waals surface area contributed by atoms with Gasteiger partial charge in [0.25, 0.3) is 0 Å². The van der Waals surface area contributed by atoms with E-state index in [4.69, 9.17) is 16.0 Å². The Kier molecular flexibility index (Phi) is 3.06. The number of aryl methyl sites for hydroxylation is 2. The number of nitrogens with zero attached hydrogens (tertiary/aromatic N) is 3. The predicted octanol–water partition coefficient (Wildman–Crippen LogP) is 3.03. The van der Waals surface area contributed by atoms with Crippen molar-refractivity contribution in [2.24, 2.45) is 0 Å². The fourth-order valence-electron chi connectivity index (χ4n) is 2.11. The highest BCUT2D eigenvalue weighted by Crippen LogP contribution is 2.21. The molecule has 3 aromatic rings. The van der Waals surface area contributed by atoms with Crippen LogP contribution < -0.4 is 5.63 Å². The summed E-state index contributed by atoms with van der Waals surface area (Å²) in [5.41, 5.74) is 1.97. The Morgan fingerprint density at radius 3 is 2.65 bits per heavy atom. The molecule has 2 heterocycles. The first-order valence-corrected chi connectivity index (χ1v) is 6.62. The van der Waals surface area contributed by atoms with Gasteiger partial charge in [0.05, 0.1) is 5.69 Å². The van der Waals surface area contributed by atoms with Gasteiger partial charge in [0.2, 0.25) is 5.89 Å². The maximum Gasteiger partial charge on any atom is 0.365 e. The molecule has 5 nitrogen and oxygen atoms in total. The number of fused-ring (bicyclic) bond motifs is 1. The SMILES string of the molecule is CCn1nc(C)c2nc(-c3ccc(Cl)cc3)oc(=O)c21. The van der Waals surface area contributed by atoms with E-state index in [1.165, 1.54) is 0 Å². The number of halogens is 1.